The molecule has 1 aromatic carbocycles. The zero-order valence-corrected chi connectivity index (χ0v) is 15.1. The van der Waals surface area contributed by atoms with Crippen molar-refractivity contribution in [3.8, 4) is 10.4 Å². The van der Waals surface area contributed by atoms with E-state index in [1.54, 1.807) is 24.3 Å². The predicted octanol–water partition coefficient (Wildman–Crippen LogP) is 3.55. The van der Waals surface area contributed by atoms with Gasteiger partial charge >= 0.3 is 0 Å². The van der Waals surface area contributed by atoms with Crippen molar-refractivity contribution in [2.24, 2.45) is 0 Å². The van der Waals surface area contributed by atoms with Crippen molar-refractivity contribution >= 4 is 29.2 Å². The molecule has 2 aromatic rings. The van der Waals surface area contributed by atoms with Crippen molar-refractivity contribution in [3.63, 3.8) is 0 Å². The van der Waals surface area contributed by atoms with Gasteiger partial charge in [0.15, 0.2) is 0 Å². The van der Waals surface area contributed by atoms with E-state index in [0.717, 1.165) is 9.75 Å². The van der Waals surface area contributed by atoms with Crippen LogP contribution in [0.15, 0.2) is 42.5 Å². The molecule has 0 aliphatic rings. The Morgan fingerprint density at radius 2 is 1.96 bits per heavy atom. The molecule has 0 bridgehead atoms. The Morgan fingerprint density at radius 1 is 1.20 bits per heavy atom. The zero-order chi connectivity index (χ0) is 18.2. The lowest BCUT2D eigenvalue weighted by molar-refractivity contribution is -0.132. The van der Waals surface area contributed by atoms with Crippen molar-refractivity contribution in [3.05, 3.63) is 53.2 Å². The molecule has 0 aliphatic carbocycles. The van der Waals surface area contributed by atoms with Gasteiger partial charge in [0.1, 0.15) is 5.82 Å². The maximum Gasteiger partial charge on any atom is 0.247 e. The van der Waals surface area contributed by atoms with Gasteiger partial charge in [-0.05, 0) is 38.1 Å². The minimum atomic E-state index is -0.268. The predicted molar refractivity (Wildman–Crippen MR) is 99.7 cm³/mol. The molecule has 1 heterocycles. The highest BCUT2D eigenvalue weighted by Crippen LogP contribution is 2.30. The zero-order valence-electron chi connectivity index (χ0n) is 14.3. The first-order valence-electron chi connectivity index (χ1n) is 8.13. The number of nitrogens with zero attached hydrogens (tertiary/aromatic N) is 1. The average Bonchev–Trinajstić information content (AvgIpc) is 3.07. The third-order valence-corrected chi connectivity index (χ3v) is 4.64. The van der Waals surface area contributed by atoms with Crippen LogP contribution in [0, 0.1) is 5.82 Å². The van der Waals surface area contributed by atoms with Crippen LogP contribution in [0.2, 0.25) is 0 Å². The number of nitrogens with one attached hydrogen (secondary N) is 1. The van der Waals surface area contributed by atoms with Crippen LogP contribution in [0.25, 0.3) is 16.5 Å². The molecule has 1 aromatic heterocycles. The van der Waals surface area contributed by atoms with E-state index in [1.165, 1.54) is 28.4 Å². The second kappa shape index (κ2) is 9.13. The summed E-state index contributed by atoms with van der Waals surface area (Å²) in [5.74, 6) is -0.672. The first kappa shape index (κ1) is 18.9. The van der Waals surface area contributed by atoms with E-state index in [1.807, 2.05) is 26.0 Å². The highest BCUT2D eigenvalue weighted by molar-refractivity contribution is 7.16. The summed E-state index contributed by atoms with van der Waals surface area (Å²) in [5.41, 5.74) is 0.546. The number of hydrogen-bond donors (Lipinski definition) is 1. The topological polar surface area (TPSA) is 49.4 Å². The summed E-state index contributed by atoms with van der Waals surface area (Å²) in [6, 6.07) is 10.3. The molecule has 132 valence electrons. The molecular formula is C19H21FN2O2S. The minimum absolute atomic E-state index is 0.0401. The van der Waals surface area contributed by atoms with Gasteiger partial charge in [-0.1, -0.05) is 18.2 Å². The van der Waals surface area contributed by atoms with E-state index in [0.29, 0.717) is 18.7 Å². The van der Waals surface area contributed by atoms with E-state index in [-0.39, 0.29) is 24.2 Å². The second-order valence-electron chi connectivity index (χ2n) is 5.32. The molecule has 2 rings (SSSR count). The second-order valence-corrected chi connectivity index (χ2v) is 6.44. The standard InChI is InChI=1S/C19H21FN2O2S/c1-3-21-18(23)13-22(4-2)19(24)12-10-14-9-11-17(25-14)15-7-5-6-8-16(15)20/h5-12H,3-4,13H2,1-2H3,(H,21,23)/b12-10+. The van der Waals surface area contributed by atoms with Gasteiger partial charge in [-0.3, -0.25) is 9.59 Å². The van der Waals surface area contributed by atoms with Gasteiger partial charge in [-0.15, -0.1) is 11.3 Å². The summed E-state index contributed by atoms with van der Waals surface area (Å²) in [7, 11) is 0. The lowest BCUT2D eigenvalue weighted by Gasteiger charge is -2.18. The first-order valence-corrected chi connectivity index (χ1v) is 8.95. The molecule has 0 atom stereocenters. The third kappa shape index (κ3) is 5.26. The van der Waals surface area contributed by atoms with Crippen molar-refractivity contribution in [1.29, 1.82) is 0 Å². The van der Waals surface area contributed by atoms with Crippen LogP contribution in [0.3, 0.4) is 0 Å². The number of carbonyl (C=O) groups is 2. The molecule has 0 saturated carbocycles. The van der Waals surface area contributed by atoms with Crippen molar-refractivity contribution in [2.45, 2.75) is 13.8 Å². The van der Waals surface area contributed by atoms with Crippen LogP contribution in [0.4, 0.5) is 4.39 Å². The van der Waals surface area contributed by atoms with Crippen LogP contribution >= 0.6 is 11.3 Å². The van der Waals surface area contributed by atoms with Gasteiger partial charge in [0.2, 0.25) is 11.8 Å². The van der Waals surface area contributed by atoms with Crippen LogP contribution in [-0.2, 0) is 9.59 Å². The van der Waals surface area contributed by atoms with Gasteiger partial charge in [0, 0.05) is 34.5 Å². The Labute approximate surface area is 151 Å². The van der Waals surface area contributed by atoms with Crippen LogP contribution < -0.4 is 5.32 Å². The van der Waals surface area contributed by atoms with Gasteiger partial charge in [-0.25, -0.2) is 4.39 Å². The Kier molecular flexibility index (Phi) is 6.89. The molecule has 6 heteroatoms. The largest absolute Gasteiger partial charge is 0.355 e. The number of carbonyl (C=O) groups excluding carboxylic acids is 2. The Morgan fingerprint density at radius 3 is 2.64 bits per heavy atom. The van der Waals surface area contributed by atoms with Gasteiger partial charge in [-0.2, -0.15) is 0 Å². The summed E-state index contributed by atoms with van der Waals surface area (Å²) in [6.45, 7) is 4.68. The number of benzene rings is 1. The van der Waals surface area contributed by atoms with Crippen LogP contribution in [0.1, 0.15) is 18.7 Å². The Hall–Kier alpha value is -2.47. The minimum Gasteiger partial charge on any atom is -0.355 e. The van der Waals surface area contributed by atoms with Crippen molar-refractivity contribution in [1.82, 2.24) is 10.2 Å². The molecule has 0 radical (unpaired) electrons. The normalized spacial score (nSPS) is 10.8. The molecule has 25 heavy (non-hydrogen) atoms. The molecule has 0 spiro atoms. The van der Waals surface area contributed by atoms with Crippen LogP contribution in [-0.4, -0.2) is 36.3 Å². The molecule has 2 amide bonds. The van der Waals surface area contributed by atoms with E-state index >= 15 is 0 Å². The van der Waals surface area contributed by atoms with E-state index in [4.69, 9.17) is 0 Å². The highest BCUT2D eigenvalue weighted by Gasteiger charge is 2.13. The fourth-order valence-corrected chi connectivity index (χ4v) is 3.22. The number of likely N-dealkylation sites (N-methyl/N-ethyl adjacent to an activating group) is 2. The van der Waals surface area contributed by atoms with Gasteiger partial charge < -0.3 is 10.2 Å². The van der Waals surface area contributed by atoms with Gasteiger partial charge in [0.05, 0.1) is 6.54 Å². The van der Waals surface area contributed by atoms with Crippen molar-refractivity contribution in [2.75, 3.05) is 19.6 Å². The maximum absolute atomic E-state index is 13.8. The lowest BCUT2D eigenvalue weighted by Crippen LogP contribution is -2.39. The number of amides is 2. The summed E-state index contributed by atoms with van der Waals surface area (Å²) >= 11 is 1.41. The number of rotatable bonds is 7. The molecule has 0 unspecified atom stereocenters. The third-order valence-electron chi connectivity index (χ3n) is 3.56. The quantitative estimate of drug-likeness (QED) is 0.768. The number of halogens is 1. The molecule has 0 fully saturated rings. The summed E-state index contributed by atoms with van der Waals surface area (Å²) in [6.07, 6.45) is 3.14. The summed E-state index contributed by atoms with van der Waals surface area (Å²) in [5, 5.41) is 2.68. The fraction of sp³-hybridized carbons (Fsp3) is 0.263. The summed E-state index contributed by atoms with van der Waals surface area (Å²) in [4.78, 5) is 27.0. The molecule has 0 aliphatic heterocycles. The monoisotopic (exact) mass is 360 g/mol. The highest BCUT2D eigenvalue weighted by atomic mass is 32.1. The number of thiophene rings is 1. The number of hydrogen-bond acceptors (Lipinski definition) is 3. The SMILES string of the molecule is CCNC(=O)CN(CC)C(=O)/C=C/c1ccc(-c2ccccc2F)s1. The molecule has 4 nitrogen and oxygen atoms in total. The Bertz CT molecular complexity index is 770. The average molecular weight is 360 g/mol. The van der Waals surface area contributed by atoms with Gasteiger partial charge in [0.25, 0.3) is 0 Å². The van der Waals surface area contributed by atoms with Crippen LogP contribution in [0.5, 0.6) is 0 Å². The summed E-state index contributed by atoms with van der Waals surface area (Å²) < 4.78 is 13.8. The Balaban J connectivity index is 2.05. The lowest BCUT2D eigenvalue weighted by atomic mass is 10.2. The van der Waals surface area contributed by atoms with E-state index in [2.05, 4.69) is 5.32 Å². The molecular weight excluding hydrogens is 339 g/mol. The van der Waals surface area contributed by atoms with E-state index in [9.17, 15) is 14.0 Å². The van der Waals surface area contributed by atoms with E-state index < -0.39 is 0 Å². The molecule has 1 N–H and O–H groups in total. The fourth-order valence-electron chi connectivity index (χ4n) is 2.28. The maximum atomic E-state index is 13.8. The molecule has 0 saturated heterocycles. The smallest absolute Gasteiger partial charge is 0.247 e. The van der Waals surface area contributed by atoms with Crippen molar-refractivity contribution < 1.29 is 14.0 Å². The first-order chi connectivity index (χ1) is 12.0.